The van der Waals surface area contributed by atoms with E-state index in [1.165, 1.54) is 43.1 Å². The summed E-state index contributed by atoms with van der Waals surface area (Å²) in [6.07, 6.45) is -3.85. The fourth-order valence-corrected chi connectivity index (χ4v) is 4.45. The van der Waals surface area contributed by atoms with Crippen LogP contribution in [0.15, 0.2) is 52.3 Å². The average molecular weight is 448 g/mol. The fraction of sp³-hybridized carbons (Fsp3) is 0.316. The summed E-state index contributed by atoms with van der Waals surface area (Å²) in [5.74, 6) is -0.293. The molecule has 0 bridgehead atoms. The van der Waals surface area contributed by atoms with Gasteiger partial charge in [0, 0.05) is 17.2 Å². The molecule has 0 atom stereocenters. The second-order valence-electron chi connectivity index (χ2n) is 5.93. The van der Waals surface area contributed by atoms with Gasteiger partial charge in [0.2, 0.25) is 10.0 Å². The number of carbonyl (C=O) groups is 1. The molecular weight excluding hydrogens is 427 g/mol. The van der Waals surface area contributed by atoms with Crippen molar-refractivity contribution in [2.24, 2.45) is 0 Å². The van der Waals surface area contributed by atoms with Gasteiger partial charge in [-0.05, 0) is 48.4 Å². The van der Waals surface area contributed by atoms with Crippen LogP contribution in [0, 0.1) is 0 Å². The van der Waals surface area contributed by atoms with Crippen LogP contribution < -0.4 is 4.72 Å². The molecule has 0 aliphatic carbocycles. The highest BCUT2D eigenvalue weighted by Crippen LogP contribution is 2.30. The standard InChI is InChI=1S/C19H20F3NO4S2/c1-3-13-4-9-16(12-17(13)18(24)27-2)29(25,26)23-10-11-28-15-7-5-14(6-8-15)19(20,21)22/h4-9,12,23H,3,10-11H2,1-2H3. The van der Waals surface area contributed by atoms with Crippen molar-refractivity contribution in [3.8, 4) is 0 Å². The minimum atomic E-state index is -4.39. The zero-order valence-corrected chi connectivity index (χ0v) is 17.4. The Morgan fingerprint density at radius 3 is 2.34 bits per heavy atom. The molecule has 10 heteroatoms. The summed E-state index contributed by atoms with van der Waals surface area (Å²) < 4.78 is 69.7. The third-order valence-corrected chi connectivity index (χ3v) is 6.49. The molecule has 0 unspecified atom stereocenters. The fourth-order valence-electron chi connectivity index (χ4n) is 2.50. The molecule has 0 saturated carbocycles. The van der Waals surface area contributed by atoms with E-state index in [2.05, 4.69) is 4.72 Å². The zero-order chi connectivity index (χ0) is 21.7. The maximum Gasteiger partial charge on any atom is 0.416 e. The number of ether oxygens (including phenoxy) is 1. The highest BCUT2D eigenvalue weighted by atomic mass is 32.2. The first-order valence-electron chi connectivity index (χ1n) is 8.59. The van der Waals surface area contributed by atoms with E-state index in [9.17, 15) is 26.4 Å². The Kier molecular flexibility index (Phi) is 7.73. The number of aryl methyl sites for hydroxylation is 1. The van der Waals surface area contributed by atoms with Crippen LogP contribution in [0.1, 0.15) is 28.4 Å². The summed E-state index contributed by atoms with van der Waals surface area (Å²) >= 11 is 1.22. The molecule has 158 valence electrons. The van der Waals surface area contributed by atoms with Gasteiger partial charge in [0.1, 0.15) is 0 Å². The Hall–Kier alpha value is -2.04. The van der Waals surface area contributed by atoms with Crippen molar-refractivity contribution in [2.45, 2.75) is 29.3 Å². The lowest BCUT2D eigenvalue weighted by atomic mass is 10.1. The normalized spacial score (nSPS) is 12.0. The van der Waals surface area contributed by atoms with Crippen molar-refractivity contribution in [1.82, 2.24) is 4.72 Å². The van der Waals surface area contributed by atoms with Gasteiger partial charge >= 0.3 is 12.1 Å². The first-order valence-corrected chi connectivity index (χ1v) is 11.1. The second kappa shape index (κ2) is 9.64. The van der Waals surface area contributed by atoms with Crippen molar-refractivity contribution in [3.63, 3.8) is 0 Å². The second-order valence-corrected chi connectivity index (χ2v) is 8.87. The van der Waals surface area contributed by atoms with Gasteiger partial charge < -0.3 is 4.74 Å². The van der Waals surface area contributed by atoms with Crippen LogP contribution in [0.3, 0.4) is 0 Å². The minimum absolute atomic E-state index is 0.0605. The van der Waals surface area contributed by atoms with Gasteiger partial charge in [0.05, 0.1) is 23.1 Å². The summed E-state index contributed by atoms with van der Waals surface area (Å²) in [6.45, 7) is 1.91. The predicted octanol–water partition coefficient (Wildman–Crippen LogP) is 4.13. The Morgan fingerprint density at radius 2 is 1.79 bits per heavy atom. The van der Waals surface area contributed by atoms with Crippen LogP contribution in [-0.4, -0.2) is 33.8 Å². The number of hydrogen-bond donors (Lipinski definition) is 1. The van der Waals surface area contributed by atoms with Crippen LogP contribution >= 0.6 is 11.8 Å². The minimum Gasteiger partial charge on any atom is -0.465 e. The smallest absolute Gasteiger partial charge is 0.416 e. The number of carbonyl (C=O) groups excluding carboxylic acids is 1. The molecule has 29 heavy (non-hydrogen) atoms. The van der Waals surface area contributed by atoms with E-state index in [0.29, 0.717) is 22.6 Å². The molecule has 2 rings (SSSR count). The van der Waals surface area contributed by atoms with Gasteiger partial charge in [-0.15, -0.1) is 11.8 Å². The number of thioether (sulfide) groups is 1. The summed E-state index contributed by atoms with van der Waals surface area (Å²) in [4.78, 5) is 12.4. The maximum atomic E-state index is 12.6. The number of alkyl halides is 3. The first-order chi connectivity index (χ1) is 13.6. The van der Waals surface area contributed by atoms with Crippen LogP contribution in [0.2, 0.25) is 0 Å². The number of nitrogens with one attached hydrogen (secondary N) is 1. The molecule has 2 aromatic carbocycles. The Balaban J connectivity index is 1.99. The van der Waals surface area contributed by atoms with Gasteiger partial charge in [-0.25, -0.2) is 17.9 Å². The third-order valence-electron chi connectivity index (χ3n) is 4.02. The molecule has 0 amide bonds. The van der Waals surface area contributed by atoms with E-state index in [4.69, 9.17) is 4.74 Å². The summed E-state index contributed by atoms with van der Waals surface area (Å²) in [7, 11) is -2.63. The highest BCUT2D eigenvalue weighted by molar-refractivity contribution is 7.99. The number of benzene rings is 2. The summed E-state index contributed by atoms with van der Waals surface area (Å²) in [6, 6.07) is 8.90. The van der Waals surface area contributed by atoms with Crippen molar-refractivity contribution in [2.75, 3.05) is 19.4 Å². The van der Waals surface area contributed by atoms with Crippen LogP contribution in [-0.2, 0) is 27.4 Å². The van der Waals surface area contributed by atoms with E-state index in [0.717, 1.165) is 12.1 Å². The predicted molar refractivity (Wildman–Crippen MR) is 105 cm³/mol. The SMILES string of the molecule is CCc1ccc(S(=O)(=O)NCCSc2ccc(C(F)(F)F)cc2)cc1C(=O)OC. The number of hydrogen-bond acceptors (Lipinski definition) is 5. The van der Waals surface area contributed by atoms with Crippen molar-refractivity contribution in [3.05, 3.63) is 59.2 Å². The lowest BCUT2D eigenvalue weighted by Gasteiger charge is -2.11. The van der Waals surface area contributed by atoms with E-state index in [1.54, 1.807) is 6.07 Å². The number of esters is 1. The molecule has 5 nitrogen and oxygen atoms in total. The van der Waals surface area contributed by atoms with E-state index < -0.39 is 27.7 Å². The highest BCUT2D eigenvalue weighted by Gasteiger charge is 2.29. The largest absolute Gasteiger partial charge is 0.465 e. The van der Waals surface area contributed by atoms with Crippen molar-refractivity contribution < 1.29 is 31.1 Å². The molecule has 0 aliphatic heterocycles. The zero-order valence-electron chi connectivity index (χ0n) is 15.7. The molecule has 1 N–H and O–H groups in total. The van der Waals surface area contributed by atoms with Crippen molar-refractivity contribution in [1.29, 1.82) is 0 Å². The molecule has 0 aliphatic rings. The molecule has 0 spiro atoms. The Labute approximate surface area is 171 Å². The van der Waals surface area contributed by atoms with Gasteiger partial charge in [-0.1, -0.05) is 13.0 Å². The first kappa shape index (κ1) is 23.2. The topological polar surface area (TPSA) is 72.5 Å². The molecule has 0 aromatic heterocycles. The van der Waals surface area contributed by atoms with E-state index in [1.807, 2.05) is 6.92 Å². The Morgan fingerprint density at radius 1 is 1.14 bits per heavy atom. The van der Waals surface area contributed by atoms with Gasteiger partial charge in [-0.2, -0.15) is 13.2 Å². The number of methoxy groups -OCH3 is 1. The van der Waals surface area contributed by atoms with E-state index in [-0.39, 0.29) is 17.0 Å². The Bertz CT molecular complexity index is 958. The number of sulfonamides is 1. The van der Waals surface area contributed by atoms with Crippen LogP contribution in [0.4, 0.5) is 13.2 Å². The molecule has 0 heterocycles. The summed E-state index contributed by atoms with van der Waals surface area (Å²) in [5.41, 5.74) is 0.130. The molecule has 2 aromatic rings. The third kappa shape index (κ3) is 6.22. The molecule has 0 saturated heterocycles. The molecule has 0 radical (unpaired) electrons. The van der Waals surface area contributed by atoms with E-state index >= 15 is 0 Å². The monoisotopic (exact) mass is 447 g/mol. The number of halogens is 3. The maximum absolute atomic E-state index is 12.6. The lowest BCUT2D eigenvalue weighted by Crippen LogP contribution is -2.26. The van der Waals surface area contributed by atoms with Gasteiger partial charge in [0.25, 0.3) is 0 Å². The van der Waals surface area contributed by atoms with Crippen LogP contribution in [0.25, 0.3) is 0 Å². The summed E-state index contributed by atoms with van der Waals surface area (Å²) in [5, 5.41) is 0. The van der Waals surface area contributed by atoms with Gasteiger partial charge in [-0.3, -0.25) is 0 Å². The van der Waals surface area contributed by atoms with Crippen molar-refractivity contribution >= 4 is 27.8 Å². The van der Waals surface area contributed by atoms with Gasteiger partial charge in [0.15, 0.2) is 0 Å². The number of rotatable bonds is 8. The molecule has 0 fully saturated rings. The lowest BCUT2D eigenvalue weighted by molar-refractivity contribution is -0.137. The average Bonchev–Trinajstić information content (AvgIpc) is 2.69. The molecular formula is C19H20F3NO4S2. The quantitative estimate of drug-likeness (QED) is 0.374. The van der Waals surface area contributed by atoms with Crippen LogP contribution in [0.5, 0.6) is 0 Å².